The zero-order valence-corrected chi connectivity index (χ0v) is 16.7. The molecule has 0 aliphatic rings. The Hall–Kier alpha value is -2.87. The van der Waals surface area contributed by atoms with E-state index in [0.29, 0.717) is 16.7 Å². The first kappa shape index (κ1) is 19.9. The van der Waals surface area contributed by atoms with Gasteiger partial charge in [-0.1, -0.05) is 62.9 Å². The third-order valence-corrected chi connectivity index (χ3v) is 5.22. The van der Waals surface area contributed by atoms with E-state index in [0.717, 1.165) is 5.56 Å². The number of carbonyl (C=O) groups excluding carboxylic acids is 1. The van der Waals surface area contributed by atoms with Gasteiger partial charge in [-0.2, -0.15) is 0 Å². The van der Waals surface area contributed by atoms with Gasteiger partial charge in [0.05, 0.1) is 0 Å². The maximum absolute atomic E-state index is 13.1. The van der Waals surface area contributed by atoms with Crippen LogP contribution in [0.3, 0.4) is 0 Å². The Labute approximate surface area is 167 Å². The van der Waals surface area contributed by atoms with Crippen molar-refractivity contribution in [3.05, 3.63) is 71.8 Å². The molecule has 0 aliphatic heterocycles. The number of nitrogens with zero attached hydrogens (tertiary/aromatic N) is 3. The van der Waals surface area contributed by atoms with E-state index in [9.17, 15) is 9.18 Å². The molecular formula is C20H22FN5OS. The lowest BCUT2D eigenvalue weighted by molar-refractivity contribution is -0.115. The zero-order valence-electron chi connectivity index (χ0n) is 15.9. The van der Waals surface area contributed by atoms with Gasteiger partial charge in [-0.05, 0) is 29.8 Å². The molecule has 0 bridgehead atoms. The fourth-order valence-electron chi connectivity index (χ4n) is 2.62. The van der Waals surface area contributed by atoms with Crippen LogP contribution in [0.5, 0.6) is 0 Å². The Morgan fingerprint density at radius 1 is 1.11 bits per heavy atom. The molecule has 0 radical (unpaired) electrons. The van der Waals surface area contributed by atoms with Gasteiger partial charge in [0.15, 0.2) is 5.82 Å². The summed E-state index contributed by atoms with van der Waals surface area (Å²) in [6.07, 6.45) is 0. The smallest absolute Gasteiger partial charge is 0.242 e. The Morgan fingerprint density at radius 3 is 2.32 bits per heavy atom. The number of aromatic nitrogens is 3. The van der Waals surface area contributed by atoms with Crippen molar-refractivity contribution in [1.82, 2.24) is 14.9 Å². The number of halogens is 1. The van der Waals surface area contributed by atoms with Crippen LogP contribution in [0.15, 0.2) is 59.8 Å². The number of hydrogen-bond donors (Lipinski definition) is 2. The third-order valence-electron chi connectivity index (χ3n) is 4.01. The van der Waals surface area contributed by atoms with Gasteiger partial charge in [0, 0.05) is 11.1 Å². The first-order valence-corrected chi connectivity index (χ1v) is 9.62. The van der Waals surface area contributed by atoms with E-state index < -0.39 is 5.25 Å². The van der Waals surface area contributed by atoms with Gasteiger partial charge >= 0.3 is 0 Å². The average molecular weight is 399 g/mol. The lowest BCUT2D eigenvalue weighted by Crippen LogP contribution is -2.25. The number of nitrogens with one attached hydrogen (secondary N) is 1. The van der Waals surface area contributed by atoms with Gasteiger partial charge in [-0.3, -0.25) is 4.79 Å². The minimum absolute atomic E-state index is 0.261. The molecule has 0 unspecified atom stereocenters. The van der Waals surface area contributed by atoms with Gasteiger partial charge in [-0.15, -0.1) is 10.2 Å². The Balaban J connectivity index is 1.89. The van der Waals surface area contributed by atoms with Gasteiger partial charge in [0.1, 0.15) is 11.1 Å². The van der Waals surface area contributed by atoms with Gasteiger partial charge in [0.2, 0.25) is 11.1 Å². The highest BCUT2D eigenvalue weighted by atomic mass is 32.2. The van der Waals surface area contributed by atoms with E-state index in [-0.39, 0.29) is 17.1 Å². The number of amides is 1. The maximum Gasteiger partial charge on any atom is 0.242 e. The number of rotatable bonds is 5. The van der Waals surface area contributed by atoms with E-state index in [4.69, 9.17) is 5.84 Å². The van der Waals surface area contributed by atoms with Crippen molar-refractivity contribution in [2.75, 3.05) is 11.2 Å². The first-order chi connectivity index (χ1) is 13.3. The molecule has 1 atom stereocenters. The monoisotopic (exact) mass is 399 g/mol. The van der Waals surface area contributed by atoms with Crippen molar-refractivity contribution >= 4 is 23.4 Å². The molecule has 0 saturated carbocycles. The molecule has 1 amide bonds. The Kier molecular flexibility index (Phi) is 5.69. The van der Waals surface area contributed by atoms with Crippen LogP contribution in [0, 0.1) is 5.82 Å². The van der Waals surface area contributed by atoms with Gasteiger partial charge < -0.3 is 11.2 Å². The van der Waals surface area contributed by atoms with Crippen molar-refractivity contribution in [1.29, 1.82) is 0 Å². The quantitative estimate of drug-likeness (QED) is 0.502. The molecule has 0 spiro atoms. The fraction of sp³-hybridized carbons (Fsp3) is 0.250. The minimum Gasteiger partial charge on any atom is -0.336 e. The highest BCUT2D eigenvalue weighted by molar-refractivity contribution is 8.00. The molecule has 8 heteroatoms. The predicted octanol–water partition coefficient (Wildman–Crippen LogP) is 3.90. The number of anilines is 1. The highest BCUT2D eigenvalue weighted by Crippen LogP contribution is 2.36. The van der Waals surface area contributed by atoms with Gasteiger partial charge in [-0.25, -0.2) is 9.07 Å². The van der Waals surface area contributed by atoms with Crippen molar-refractivity contribution < 1.29 is 9.18 Å². The molecule has 3 N–H and O–H groups in total. The molecule has 28 heavy (non-hydrogen) atoms. The third kappa shape index (κ3) is 4.51. The summed E-state index contributed by atoms with van der Waals surface area (Å²) < 4.78 is 14.6. The fourth-order valence-corrected chi connectivity index (χ4v) is 3.57. The lowest BCUT2D eigenvalue weighted by atomic mass is 9.96. The first-order valence-electron chi connectivity index (χ1n) is 8.74. The summed E-state index contributed by atoms with van der Waals surface area (Å²) in [6.45, 7) is 5.97. The minimum atomic E-state index is -0.606. The largest absolute Gasteiger partial charge is 0.336 e. The van der Waals surface area contributed by atoms with Crippen LogP contribution in [-0.2, 0) is 10.2 Å². The van der Waals surface area contributed by atoms with Crippen LogP contribution in [-0.4, -0.2) is 20.8 Å². The van der Waals surface area contributed by atoms with E-state index in [2.05, 4.69) is 15.5 Å². The van der Waals surface area contributed by atoms with E-state index >= 15 is 0 Å². The number of nitrogen functional groups attached to an aromatic ring is 1. The zero-order chi connectivity index (χ0) is 20.3. The van der Waals surface area contributed by atoms with Crippen LogP contribution in [0.4, 0.5) is 10.1 Å². The second-order valence-corrected chi connectivity index (χ2v) is 8.40. The molecule has 3 aromatic rings. The molecular weight excluding hydrogens is 377 g/mol. The SMILES string of the molecule is CC(C)(C)c1nnc(S[C@@H](C(=O)Nc2ccc(F)cc2)c2ccccc2)n1N. The topological polar surface area (TPSA) is 85.8 Å². The summed E-state index contributed by atoms with van der Waals surface area (Å²) in [5.74, 6) is 6.18. The normalized spacial score (nSPS) is 12.6. The molecule has 0 aliphatic carbocycles. The van der Waals surface area contributed by atoms with Crippen LogP contribution in [0.25, 0.3) is 0 Å². The van der Waals surface area contributed by atoms with Crippen molar-refractivity contribution in [2.45, 2.75) is 36.6 Å². The molecule has 0 fully saturated rings. The van der Waals surface area contributed by atoms with Crippen LogP contribution >= 0.6 is 11.8 Å². The van der Waals surface area contributed by atoms with Crippen LogP contribution < -0.4 is 11.2 Å². The Morgan fingerprint density at radius 2 is 1.75 bits per heavy atom. The molecule has 6 nitrogen and oxygen atoms in total. The summed E-state index contributed by atoms with van der Waals surface area (Å²) in [6, 6.07) is 15.0. The summed E-state index contributed by atoms with van der Waals surface area (Å²) in [7, 11) is 0. The predicted molar refractivity (Wildman–Crippen MR) is 109 cm³/mol. The average Bonchev–Trinajstić information content (AvgIpc) is 3.03. The molecule has 1 aromatic heterocycles. The van der Waals surface area contributed by atoms with Crippen molar-refractivity contribution in [3.8, 4) is 0 Å². The molecule has 2 aromatic carbocycles. The number of hydrogen-bond acceptors (Lipinski definition) is 5. The van der Waals surface area contributed by atoms with E-state index in [1.54, 1.807) is 0 Å². The number of nitrogens with two attached hydrogens (primary N) is 1. The lowest BCUT2D eigenvalue weighted by Gasteiger charge is -2.18. The second-order valence-electron chi connectivity index (χ2n) is 7.33. The highest BCUT2D eigenvalue weighted by Gasteiger charge is 2.28. The second kappa shape index (κ2) is 8.02. The number of thioether (sulfide) groups is 1. The summed E-state index contributed by atoms with van der Waals surface area (Å²) in [5.41, 5.74) is 1.03. The molecule has 146 valence electrons. The van der Waals surface area contributed by atoms with Crippen LogP contribution in [0.1, 0.15) is 37.4 Å². The standard InChI is InChI=1S/C20H22FN5OS/c1-20(2,3)18-24-25-19(26(18)22)28-16(13-7-5-4-6-8-13)17(27)23-15-11-9-14(21)10-12-15/h4-12,16H,22H2,1-3H3,(H,23,27)/t16-/m1/s1. The van der Waals surface area contributed by atoms with Crippen molar-refractivity contribution in [2.24, 2.45) is 0 Å². The maximum atomic E-state index is 13.1. The number of carbonyl (C=O) groups is 1. The van der Waals surface area contributed by atoms with E-state index in [1.807, 2.05) is 51.1 Å². The molecule has 1 heterocycles. The van der Waals surface area contributed by atoms with E-state index in [1.165, 1.54) is 40.7 Å². The van der Waals surface area contributed by atoms with Gasteiger partial charge in [0.25, 0.3) is 0 Å². The summed E-state index contributed by atoms with van der Waals surface area (Å²) in [4.78, 5) is 13.0. The summed E-state index contributed by atoms with van der Waals surface area (Å²) in [5, 5.41) is 11.0. The summed E-state index contributed by atoms with van der Waals surface area (Å²) >= 11 is 1.21. The van der Waals surface area contributed by atoms with Crippen LogP contribution in [0.2, 0.25) is 0 Å². The number of benzene rings is 2. The molecule has 3 rings (SSSR count). The Bertz CT molecular complexity index is 951. The van der Waals surface area contributed by atoms with Crippen molar-refractivity contribution in [3.63, 3.8) is 0 Å². The molecule has 0 saturated heterocycles.